The Kier molecular flexibility index (Phi) is 6.45. The molecule has 0 bridgehead atoms. The first-order valence-corrected chi connectivity index (χ1v) is 9.71. The maximum absolute atomic E-state index is 4.75. The molecule has 0 spiro atoms. The summed E-state index contributed by atoms with van der Waals surface area (Å²) in [5, 5.41) is 3.38. The van der Waals surface area contributed by atoms with Crippen LogP contribution in [0.3, 0.4) is 0 Å². The first kappa shape index (κ1) is 18.6. The Hall–Kier alpha value is -2.14. The van der Waals surface area contributed by atoms with Gasteiger partial charge in [0.15, 0.2) is 0 Å². The fourth-order valence-electron chi connectivity index (χ4n) is 3.24. The van der Waals surface area contributed by atoms with Crippen LogP contribution in [0, 0.1) is 12.8 Å². The fraction of sp³-hybridized carbons (Fsp3) is 0.524. The number of hydrogen-bond acceptors (Lipinski definition) is 5. The molecule has 0 saturated carbocycles. The Bertz CT molecular complexity index is 678. The molecule has 26 heavy (non-hydrogen) atoms. The number of piperazine rings is 1. The molecule has 1 saturated heterocycles. The molecule has 1 aliphatic rings. The van der Waals surface area contributed by atoms with Crippen molar-refractivity contribution in [2.45, 2.75) is 33.7 Å². The Morgan fingerprint density at radius 2 is 1.77 bits per heavy atom. The van der Waals surface area contributed by atoms with Gasteiger partial charge in [0.2, 0.25) is 5.95 Å². The van der Waals surface area contributed by atoms with Crippen molar-refractivity contribution < 1.29 is 0 Å². The normalized spacial score (nSPS) is 15.5. The van der Waals surface area contributed by atoms with E-state index >= 15 is 0 Å². The van der Waals surface area contributed by atoms with Crippen LogP contribution >= 0.6 is 0 Å². The first-order chi connectivity index (χ1) is 12.6. The van der Waals surface area contributed by atoms with E-state index in [9.17, 15) is 0 Å². The number of aryl methyl sites for hydroxylation is 1. The number of hydrogen-bond donors (Lipinski definition) is 1. The van der Waals surface area contributed by atoms with E-state index in [0.717, 1.165) is 63.1 Å². The van der Waals surface area contributed by atoms with Crippen molar-refractivity contribution in [2.75, 3.05) is 42.9 Å². The summed E-state index contributed by atoms with van der Waals surface area (Å²) in [6, 6.07) is 12.8. The summed E-state index contributed by atoms with van der Waals surface area (Å²) in [6.07, 6.45) is 1.13. The minimum Gasteiger partial charge on any atom is -0.354 e. The molecule has 5 nitrogen and oxygen atoms in total. The highest BCUT2D eigenvalue weighted by atomic mass is 15.3. The number of nitrogens with one attached hydrogen (secondary N) is 1. The molecular weight excluding hydrogens is 322 g/mol. The maximum Gasteiger partial charge on any atom is 0.224 e. The lowest BCUT2D eigenvalue weighted by Gasteiger charge is -2.35. The molecule has 1 N–H and O–H groups in total. The van der Waals surface area contributed by atoms with Gasteiger partial charge in [-0.3, -0.25) is 4.90 Å². The molecular formula is C21H31N5. The molecule has 0 aliphatic carbocycles. The summed E-state index contributed by atoms with van der Waals surface area (Å²) < 4.78 is 0. The highest BCUT2D eigenvalue weighted by Gasteiger charge is 2.19. The van der Waals surface area contributed by atoms with Crippen molar-refractivity contribution in [1.82, 2.24) is 14.9 Å². The van der Waals surface area contributed by atoms with Crippen molar-refractivity contribution in [2.24, 2.45) is 5.92 Å². The average molecular weight is 354 g/mol. The van der Waals surface area contributed by atoms with Crippen molar-refractivity contribution in [1.29, 1.82) is 0 Å². The molecule has 2 heterocycles. The largest absolute Gasteiger partial charge is 0.354 e. The van der Waals surface area contributed by atoms with E-state index in [1.807, 2.05) is 6.92 Å². The van der Waals surface area contributed by atoms with Crippen molar-refractivity contribution in [3.63, 3.8) is 0 Å². The summed E-state index contributed by atoms with van der Waals surface area (Å²) in [5.74, 6) is 2.49. The molecule has 0 amide bonds. The van der Waals surface area contributed by atoms with Gasteiger partial charge in [-0.2, -0.15) is 4.98 Å². The summed E-state index contributed by atoms with van der Waals surface area (Å²) in [7, 11) is 0. The molecule has 1 fully saturated rings. The topological polar surface area (TPSA) is 44.3 Å². The average Bonchev–Trinajstić information content (AvgIpc) is 2.62. The molecule has 0 atom stereocenters. The van der Waals surface area contributed by atoms with E-state index in [1.165, 1.54) is 5.56 Å². The van der Waals surface area contributed by atoms with Gasteiger partial charge in [-0.05, 0) is 24.8 Å². The molecule has 5 heteroatoms. The van der Waals surface area contributed by atoms with Crippen LogP contribution in [0.25, 0.3) is 0 Å². The van der Waals surface area contributed by atoms with Crippen LogP contribution in [0.15, 0.2) is 36.4 Å². The van der Waals surface area contributed by atoms with Gasteiger partial charge in [0.05, 0.1) is 0 Å². The summed E-state index contributed by atoms with van der Waals surface area (Å²) >= 11 is 0. The lowest BCUT2D eigenvalue weighted by molar-refractivity contribution is 0.249. The van der Waals surface area contributed by atoms with E-state index in [-0.39, 0.29) is 0 Å². The quantitative estimate of drug-likeness (QED) is 0.824. The number of anilines is 2. The Morgan fingerprint density at radius 3 is 2.46 bits per heavy atom. The Balaban J connectivity index is 1.56. The highest BCUT2D eigenvalue weighted by Crippen LogP contribution is 2.18. The van der Waals surface area contributed by atoms with E-state index in [4.69, 9.17) is 4.98 Å². The van der Waals surface area contributed by atoms with E-state index in [2.05, 4.69) is 70.3 Å². The van der Waals surface area contributed by atoms with Crippen LogP contribution in [-0.4, -0.2) is 47.6 Å². The predicted octanol–water partition coefficient (Wildman–Crippen LogP) is 3.57. The highest BCUT2D eigenvalue weighted by molar-refractivity contribution is 5.45. The van der Waals surface area contributed by atoms with E-state index in [0.29, 0.717) is 5.92 Å². The molecule has 0 unspecified atom stereocenters. The molecule has 3 rings (SSSR count). The van der Waals surface area contributed by atoms with Gasteiger partial charge in [0.1, 0.15) is 5.82 Å². The van der Waals surface area contributed by atoms with Gasteiger partial charge in [-0.1, -0.05) is 44.2 Å². The lowest BCUT2D eigenvalue weighted by Crippen LogP contribution is -2.46. The van der Waals surface area contributed by atoms with Gasteiger partial charge >= 0.3 is 0 Å². The standard InChI is InChI=1S/C21H31N5/c1-17(2)9-10-22-21-23-18(3)15-20(24-21)26-13-11-25(12-14-26)16-19-7-5-4-6-8-19/h4-8,15,17H,9-14,16H2,1-3H3,(H,22,23,24). The van der Waals surface area contributed by atoms with Crippen molar-refractivity contribution >= 4 is 11.8 Å². The van der Waals surface area contributed by atoms with Crippen LogP contribution in [0.2, 0.25) is 0 Å². The molecule has 140 valence electrons. The second-order valence-electron chi connectivity index (χ2n) is 7.55. The monoisotopic (exact) mass is 353 g/mol. The van der Waals surface area contributed by atoms with E-state index in [1.54, 1.807) is 0 Å². The van der Waals surface area contributed by atoms with Crippen LogP contribution in [0.1, 0.15) is 31.5 Å². The molecule has 0 radical (unpaired) electrons. The Morgan fingerprint density at radius 1 is 1.04 bits per heavy atom. The number of benzene rings is 1. The number of aromatic nitrogens is 2. The lowest BCUT2D eigenvalue weighted by atomic mass is 10.1. The zero-order valence-electron chi connectivity index (χ0n) is 16.3. The molecule has 2 aromatic rings. The Labute approximate surface area is 157 Å². The summed E-state index contributed by atoms with van der Waals surface area (Å²) in [6.45, 7) is 12.6. The van der Waals surface area contributed by atoms with Gasteiger partial charge in [0.25, 0.3) is 0 Å². The third-order valence-corrected chi connectivity index (χ3v) is 4.79. The fourth-order valence-corrected chi connectivity index (χ4v) is 3.24. The summed E-state index contributed by atoms with van der Waals surface area (Å²) in [5.41, 5.74) is 2.41. The maximum atomic E-state index is 4.75. The third kappa shape index (κ3) is 5.43. The number of rotatable bonds is 7. The number of nitrogens with zero attached hydrogens (tertiary/aromatic N) is 4. The summed E-state index contributed by atoms with van der Waals surface area (Å²) in [4.78, 5) is 14.2. The van der Waals surface area contributed by atoms with Crippen LogP contribution in [0.5, 0.6) is 0 Å². The van der Waals surface area contributed by atoms with Gasteiger partial charge in [-0.25, -0.2) is 4.98 Å². The SMILES string of the molecule is Cc1cc(N2CCN(Cc3ccccc3)CC2)nc(NCCC(C)C)n1. The van der Waals surface area contributed by atoms with Gasteiger partial charge in [0, 0.05) is 51.0 Å². The molecule has 1 aromatic carbocycles. The van der Waals surface area contributed by atoms with Gasteiger partial charge < -0.3 is 10.2 Å². The predicted molar refractivity (Wildman–Crippen MR) is 109 cm³/mol. The second-order valence-corrected chi connectivity index (χ2v) is 7.55. The third-order valence-electron chi connectivity index (χ3n) is 4.79. The zero-order valence-corrected chi connectivity index (χ0v) is 16.3. The van der Waals surface area contributed by atoms with Crippen LogP contribution < -0.4 is 10.2 Å². The van der Waals surface area contributed by atoms with Gasteiger partial charge in [-0.15, -0.1) is 0 Å². The zero-order chi connectivity index (χ0) is 18.4. The van der Waals surface area contributed by atoms with Crippen molar-refractivity contribution in [3.8, 4) is 0 Å². The van der Waals surface area contributed by atoms with Crippen LogP contribution in [-0.2, 0) is 6.54 Å². The molecule has 1 aromatic heterocycles. The first-order valence-electron chi connectivity index (χ1n) is 9.71. The minimum absolute atomic E-state index is 0.685. The van der Waals surface area contributed by atoms with Crippen LogP contribution in [0.4, 0.5) is 11.8 Å². The van der Waals surface area contributed by atoms with Crippen molar-refractivity contribution in [3.05, 3.63) is 47.7 Å². The molecule has 1 aliphatic heterocycles. The second kappa shape index (κ2) is 8.99. The van der Waals surface area contributed by atoms with E-state index < -0.39 is 0 Å². The minimum atomic E-state index is 0.685. The smallest absolute Gasteiger partial charge is 0.224 e.